The van der Waals surface area contributed by atoms with E-state index in [-0.39, 0.29) is 41.5 Å². The number of nitrogens with zero attached hydrogens (tertiary/aromatic N) is 1. The minimum atomic E-state index is -0.241. The van der Waals surface area contributed by atoms with E-state index in [0.29, 0.717) is 5.56 Å². The molecule has 2 aromatic carbocycles. The Morgan fingerprint density at radius 1 is 1.00 bits per heavy atom. The highest BCUT2D eigenvalue weighted by Crippen LogP contribution is 2.27. The van der Waals surface area contributed by atoms with Gasteiger partial charge in [-0.15, -0.1) is 0 Å². The number of quaternary nitrogens is 1. The second-order valence-corrected chi connectivity index (χ2v) is 9.09. The topological polar surface area (TPSA) is 26.3 Å². The van der Waals surface area contributed by atoms with E-state index in [1.165, 1.54) is 18.4 Å². The maximum Gasteiger partial charge on any atom is 0.338 e. The molecule has 4 heteroatoms. The summed E-state index contributed by atoms with van der Waals surface area (Å²) in [6.07, 6.45) is 2.28. The van der Waals surface area contributed by atoms with Crippen LogP contribution in [0, 0.1) is 0 Å². The maximum atomic E-state index is 12.8. The molecule has 3 rings (SSSR count). The molecular weight excluding hydrogens is 461 g/mol. The summed E-state index contributed by atoms with van der Waals surface area (Å²) in [7, 11) is 2.27. The van der Waals surface area contributed by atoms with E-state index in [9.17, 15) is 4.79 Å². The number of carbonyl (C=O) groups excluding carboxylic acids is 1. The molecule has 0 spiro atoms. The monoisotopic (exact) mass is 493 g/mol. The number of hydrogen-bond donors (Lipinski definition) is 0. The first kappa shape index (κ1) is 22.9. The van der Waals surface area contributed by atoms with Gasteiger partial charge in [0, 0.05) is 12.8 Å². The van der Waals surface area contributed by atoms with Gasteiger partial charge in [0.2, 0.25) is 0 Å². The summed E-state index contributed by atoms with van der Waals surface area (Å²) in [5.74, 6) is -0.241. The number of ether oxygens (including phenoxy) is 1. The zero-order chi connectivity index (χ0) is 19.5. The number of halogens is 1. The SMILES string of the molecule is CC(C)(C)c1ccc(C(=O)OC(C[N+]2(C)CCCC2)c2ccccc2)cc1.[I-]. The summed E-state index contributed by atoms with van der Waals surface area (Å²) >= 11 is 0. The second-order valence-electron chi connectivity index (χ2n) is 9.09. The molecule has 0 bridgehead atoms. The Bertz CT molecular complexity index is 759. The van der Waals surface area contributed by atoms with E-state index in [1.54, 1.807) is 0 Å². The summed E-state index contributed by atoms with van der Waals surface area (Å²) < 4.78 is 6.99. The number of benzene rings is 2. The van der Waals surface area contributed by atoms with Gasteiger partial charge in [-0.3, -0.25) is 0 Å². The number of rotatable bonds is 5. The molecule has 3 nitrogen and oxygen atoms in total. The third kappa shape index (κ3) is 5.80. The zero-order valence-corrected chi connectivity index (χ0v) is 19.6. The molecule has 1 atom stereocenters. The van der Waals surface area contributed by atoms with Crippen molar-refractivity contribution in [3.8, 4) is 0 Å². The van der Waals surface area contributed by atoms with Crippen molar-refractivity contribution in [1.29, 1.82) is 0 Å². The molecule has 1 fully saturated rings. The Morgan fingerprint density at radius 2 is 1.57 bits per heavy atom. The average molecular weight is 493 g/mol. The lowest BCUT2D eigenvalue weighted by Crippen LogP contribution is -3.00. The highest BCUT2D eigenvalue weighted by molar-refractivity contribution is 5.89. The Balaban J connectivity index is 0.00000280. The van der Waals surface area contributed by atoms with Crippen molar-refractivity contribution in [2.24, 2.45) is 0 Å². The summed E-state index contributed by atoms with van der Waals surface area (Å²) in [6.45, 7) is 9.65. The number of likely N-dealkylation sites (N-methyl/N-ethyl adjacent to an activating group) is 1. The molecule has 1 aliphatic rings. The van der Waals surface area contributed by atoms with Crippen LogP contribution < -0.4 is 24.0 Å². The Hall–Kier alpha value is -1.40. The zero-order valence-electron chi connectivity index (χ0n) is 17.5. The molecule has 1 heterocycles. The van der Waals surface area contributed by atoms with E-state index < -0.39 is 0 Å². The molecular formula is C24H32INO2. The molecule has 0 amide bonds. The van der Waals surface area contributed by atoms with Crippen molar-refractivity contribution in [1.82, 2.24) is 0 Å². The number of hydrogen-bond acceptors (Lipinski definition) is 2. The van der Waals surface area contributed by atoms with Crippen LogP contribution >= 0.6 is 0 Å². The number of esters is 1. The van der Waals surface area contributed by atoms with Crippen LogP contribution in [0.1, 0.15) is 61.2 Å². The lowest BCUT2D eigenvalue weighted by molar-refractivity contribution is -0.901. The minimum absolute atomic E-state index is 0. The van der Waals surface area contributed by atoms with Gasteiger partial charge in [-0.25, -0.2) is 4.79 Å². The van der Waals surface area contributed by atoms with Crippen molar-refractivity contribution < 1.29 is 38.0 Å². The fraction of sp³-hybridized carbons (Fsp3) is 0.458. The quantitative estimate of drug-likeness (QED) is 0.363. The van der Waals surface area contributed by atoms with Crippen LogP contribution in [0.15, 0.2) is 54.6 Å². The highest BCUT2D eigenvalue weighted by Gasteiger charge is 2.33. The maximum absolute atomic E-state index is 12.8. The van der Waals surface area contributed by atoms with Crippen LogP contribution in [0.5, 0.6) is 0 Å². The van der Waals surface area contributed by atoms with Gasteiger partial charge in [0.25, 0.3) is 0 Å². The van der Waals surface area contributed by atoms with Crippen LogP contribution in [-0.4, -0.2) is 37.1 Å². The molecule has 0 saturated carbocycles. The Labute approximate surface area is 186 Å². The van der Waals surface area contributed by atoms with Crippen molar-refractivity contribution >= 4 is 5.97 Å². The number of carbonyl (C=O) groups is 1. The van der Waals surface area contributed by atoms with Gasteiger partial charge in [0.1, 0.15) is 6.54 Å². The predicted octanol–water partition coefficient (Wildman–Crippen LogP) is 2.13. The Morgan fingerprint density at radius 3 is 2.11 bits per heavy atom. The van der Waals surface area contributed by atoms with Gasteiger partial charge in [0.15, 0.2) is 6.10 Å². The molecule has 0 N–H and O–H groups in total. The van der Waals surface area contributed by atoms with Gasteiger partial charge in [-0.1, -0.05) is 63.2 Å². The molecule has 1 saturated heterocycles. The third-order valence-corrected chi connectivity index (χ3v) is 5.66. The van der Waals surface area contributed by atoms with Gasteiger partial charge < -0.3 is 33.2 Å². The lowest BCUT2D eigenvalue weighted by atomic mass is 9.87. The normalized spacial score (nSPS) is 16.9. The van der Waals surface area contributed by atoms with Crippen molar-refractivity contribution in [2.75, 3.05) is 26.7 Å². The largest absolute Gasteiger partial charge is 1.00 e. The molecule has 0 radical (unpaired) electrons. The van der Waals surface area contributed by atoms with Crippen LogP contribution in [0.3, 0.4) is 0 Å². The molecule has 1 unspecified atom stereocenters. The van der Waals surface area contributed by atoms with E-state index in [1.807, 2.05) is 42.5 Å². The fourth-order valence-corrected chi connectivity index (χ4v) is 3.86. The fourth-order valence-electron chi connectivity index (χ4n) is 3.86. The average Bonchev–Trinajstić information content (AvgIpc) is 3.07. The molecule has 2 aromatic rings. The van der Waals surface area contributed by atoms with Gasteiger partial charge in [0.05, 0.1) is 25.7 Å². The molecule has 1 aliphatic heterocycles. The van der Waals surface area contributed by atoms with Gasteiger partial charge in [-0.2, -0.15) is 0 Å². The molecule has 28 heavy (non-hydrogen) atoms. The van der Waals surface area contributed by atoms with Crippen molar-refractivity contribution in [2.45, 2.75) is 45.1 Å². The molecule has 0 aromatic heterocycles. The first-order chi connectivity index (χ1) is 12.8. The van der Waals surface area contributed by atoms with E-state index in [4.69, 9.17) is 4.74 Å². The van der Waals surface area contributed by atoms with Crippen molar-refractivity contribution in [3.05, 3.63) is 71.3 Å². The van der Waals surface area contributed by atoms with Gasteiger partial charge in [-0.05, 0) is 28.7 Å². The van der Waals surface area contributed by atoms with Gasteiger partial charge >= 0.3 is 5.97 Å². The minimum Gasteiger partial charge on any atom is -1.00 e. The first-order valence-electron chi connectivity index (χ1n) is 9.97. The lowest BCUT2D eigenvalue weighted by Gasteiger charge is -2.33. The molecule has 0 aliphatic carbocycles. The van der Waals surface area contributed by atoms with Crippen LogP contribution in [-0.2, 0) is 10.2 Å². The summed E-state index contributed by atoms with van der Waals surface area (Å²) in [4.78, 5) is 12.8. The highest BCUT2D eigenvalue weighted by atomic mass is 127. The summed E-state index contributed by atoms with van der Waals surface area (Å²) in [5, 5.41) is 0. The van der Waals surface area contributed by atoms with E-state index >= 15 is 0 Å². The third-order valence-electron chi connectivity index (χ3n) is 5.66. The van der Waals surface area contributed by atoms with E-state index in [2.05, 4.69) is 40.0 Å². The number of likely N-dealkylation sites (tertiary alicyclic amines) is 1. The summed E-state index contributed by atoms with van der Waals surface area (Å²) in [6, 6.07) is 18.0. The first-order valence-corrected chi connectivity index (χ1v) is 9.97. The van der Waals surface area contributed by atoms with Crippen LogP contribution in [0.4, 0.5) is 0 Å². The summed E-state index contributed by atoms with van der Waals surface area (Å²) in [5.41, 5.74) is 2.98. The Kier molecular flexibility index (Phi) is 7.68. The van der Waals surface area contributed by atoms with E-state index in [0.717, 1.165) is 29.7 Å². The smallest absolute Gasteiger partial charge is 0.338 e. The van der Waals surface area contributed by atoms with Crippen LogP contribution in [0.25, 0.3) is 0 Å². The standard InChI is InChI=1S/C24H32NO2.HI/c1-24(2,3)21-14-12-20(13-15-21)23(26)27-22(19-10-6-5-7-11-19)18-25(4)16-8-9-17-25;/h5-7,10-15,22H,8-9,16-18H2,1-4H3;1H/q+1;/p-1. The van der Waals surface area contributed by atoms with Crippen molar-refractivity contribution in [3.63, 3.8) is 0 Å². The second kappa shape index (κ2) is 9.40. The predicted molar refractivity (Wildman–Crippen MR) is 110 cm³/mol. The molecule has 152 valence electrons. The van der Waals surface area contributed by atoms with Crippen LogP contribution in [0.2, 0.25) is 0 Å².